The molecule has 1 amide bonds. The van der Waals surface area contributed by atoms with Crippen molar-refractivity contribution in [1.82, 2.24) is 15.1 Å². The van der Waals surface area contributed by atoms with Crippen molar-refractivity contribution in [3.05, 3.63) is 51.7 Å². The maximum atomic E-state index is 12.8. The molecule has 0 saturated carbocycles. The molecule has 0 radical (unpaired) electrons. The van der Waals surface area contributed by atoms with E-state index in [2.05, 4.69) is 21.6 Å². The molecule has 4 rings (SSSR count). The second-order valence-electron chi connectivity index (χ2n) is 6.38. The van der Waals surface area contributed by atoms with Crippen molar-refractivity contribution < 1.29 is 9.21 Å². The quantitative estimate of drug-likeness (QED) is 0.631. The SMILES string of the molecule is Cc1ccc(-c2nnc(SC(C)C(=O)N3CCc4sccc4C3)o2)cc1. The van der Waals surface area contributed by atoms with Crippen LogP contribution >= 0.6 is 23.1 Å². The summed E-state index contributed by atoms with van der Waals surface area (Å²) in [6, 6.07) is 10.0. The van der Waals surface area contributed by atoms with Crippen molar-refractivity contribution in [3.8, 4) is 11.5 Å². The van der Waals surface area contributed by atoms with Gasteiger partial charge in [-0.05, 0) is 49.4 Å². The smallest absolute Gasteiger partial charge is 0.277 e. The van der Waals surface area contributed by atoms with E-state index >= 15 is 0 Å². The first-order valence-corrected chi connectivity index (χ1v) is 10.3. The molecule has 7 heteroatoms. The highest BCUT2D eigenvalue weighted by Gasteiger charge is 2.27. The van der Waals surface area contributed by atoms with E-state index in [1.54, 1.807) is 11.3 Å². The van der Waals surface area contributed by atoms with E-state index in [0.29, 0.717) is 17.7 Å². The molecule has 0 saturated heterocycles. The van der Waals surface area contributed by atoms with Crippen LogP contribution in [-0.4, -0.2) is 32.8 Å². The number of carbonyl (C=O) groups excluding carboxylic acids is 1. The predicted octanol–water partition coefficient (Wildman–Crippen LogP) is 4.17. The lowest BCUT2D eigenvalue weighted by Crippen LogP contribution is -2.39. The molecule has 0 aliphatic carbocycles. The monoisotopic (exact) mass is 385 g/mol. The number of benzene rings is 1. The zero-order valence-corrected chi connectivity index (χ0v) is 16.3. The van der Waals surface area contributed by atoms with E-state index in [0.717, 1.165) is 18.5 Å². The van der Waals surface area contributed by atoms with Crippen LogP contribution in [0, 0.1) is 6.92 Å². The number of amides is 1. The summed E-state index contributed by atoms with van der Waals surface area (Å²) < 4.78 is 5.73. The molecule has 0 N–H and O–H groups in total. The van der Waals surface area contributed by atoms with Crippen LogP contribution in [0.25, 0.3) is 11.5 Å². The van der Waals surface area contributed by atoms with Crippen LogP contribution < -0.4 is 0 Å². The maximum absolute atomic E-state index is 12.8. The number of hydrogen-bond donors (Lipinski definition) is 0. The van der Waals surface area contributed by atoms with Gasteiger partial charge < -0.3 is 9.32 Å². The van der Waals surface area contributed by atoms with Crippen LogP contribution in [-0.2, 0) is 17.8 Å². The topological polar surface area (TPSA) is 59.2 Å². The van der Waals surface area contributed by atoms with E-state index in [9.17, 15) is 4.79 Å². The fourth-order valence-corrected chi connectivity index (χ4v) is 4.62. The Morgan fingerprint density at radius 2 is 2.08 bits per heavy atom. The lowest BCUT2D eigenvalue weighted by atomic mass is 10.1. The summed E-state index contributed by atoms with van der Waals surface area (Å²) in [7, 11) is 0. The second kappa shape index (κ2) is 7.25. The number of fused-ring (bicyclic) bond motifs is 1. The van der Waals surface area contributed by atoms with Crippen molar-refractivity contribution in [1.29, 1.82) is 0 Å². The number of aromatic nitrogens is 2. The molecule has 26 heavy (non-hydrogen) atoms. The van der Waals surface area contributed by atoms with Crippen molar-refractivity contribution in [2.75, 3.05) is 6.54 Å². The summed E-state index contributed by atoms with van der Waals surface area (Å²) in [6.07, 6.45) is 0.939. The van der Waals surface area contributed by atoms with Crippen LogP contribution in [0.1, 0.15) is 22.9 Å². The summed E-state index contributed by atoms with van der Waals surface area (Å²) in [4.78, 5) is 16.1. The highest BCUT2D eigenvalue weighted by molar-refractivity contribution is 8.00. The predicted molar refractivity (Wildman–Crippen MR) is 103 cm³/mol. The standard InChI is InChI=1S/C19H19N3O2S2/c1-12-3-5-14(6-4-12)17-20-21-19(24-17)26-13(2)18(23)22-9-7-16-15(11-22)8-10-25-16/h3-6,8,10,13H,7,9,11H2,1-2H3. The van der Waals surface area contributed by atoms with Crippen LogP contribution in [0.3, 0.4) is 0 Å². The first kappa shape index (κ1) is 17.3. The fraction of sp³-hybridized carbons (Fsp3) is 0.316. The summed E-state index contributed by atoms with van der Waals surface area (Å²) in [5, 5.41) is 10.5. The molecule has 2 aromatic heterocycles. The van der Waals surface area contributed by atoms with Gasteiger partial charge in [0.1, 0.15) is 0 Å². The van der Waals surface area contributed by atoms with E-state index in [1.807, 2.05) is 43.0 Å². The molecule has 1 aliphatic heterocycles. The highest BCUT2D eigenvalue weighted by Crippen LogP contribution is 2.29. The van der Waals surface area contributed by atoms with Crippen molar-refractivity contribution in [2.24, 2.45) is 0 Å². The molecule has 3 heterocycles. The molecular formula is C19H19N3O2S2. The summed E-state index contributed by atoms with van der Waals surface area (Å²) in [5.41, 5.74) is 3.33. The molecule has 1 aromatic carbocycles. The van der Waals surface area contributed by atoms with Gasteiger partial charge >= 0.3 is 0 Å². The average molecular weight is 386 g/mol. The Balaban J connectivity index is 1.41. The minimum atomic E-state index is -0.262. The Kier molecular flexibility index (Phi) is 4.82. The Labute approximate surface area is 160 Å². The first-order valence-electron chi connectivity index (χ1n) is 8.51. The number of thioether (sulfide) groups is 1. The number of hydrogen-bond acceptors (Lipinski definition) is 6. The number of aryl methyl sites for hydroxylation is 1. The lowest BCUT2D eigenvalue weighted by molar-refractivity contribution is -0.131. The van der Waals surface area contributed by atoms with Crippen LogP contribution in [0.5, 0.6) is 0 Å². The maximum Gasteiger partial charge on any atom is 0.277 e. The van der Waals surface area contributed by atoms with E-state index < -0.39 is 0 Å². The Morgan fingerprint density at radius 3 is 2.88 bits per heavy atom. The van der Waals surface area contributed by atoms with Gasteiger partial charge in [-0.1, -0.05) is 29.5 Å². The first-order chi connectivity index (χ1) is 12.6. The normalized spacial score (nSPS) is 14.9. The summed E-state index contributed by atoms with van der Waals surface area (Å²) in [6.45, 7) is 5.40. The third-order valence-electron chi connectivity index (χ3n) is 4.45. The largest absolute Gasteiger partial charge is 0.411 e. The van der Waals surface area contributed by atoms with Gasteiger partial charge in [-0.3, -0.25) is 4.79 Å². The van der Waals surface area contributed by atoms with Gasteiger partial charge in [-0.2, -0.15) is 0 Å². The lowest BCUT2D eigenvalue weighted by Gasteiger charge is -2.28. The van der Waals surface area contributed by atoms with Crippen LogP contribution in [0.4, 0.5) is 0 Å². The molecule has 5 nitrogen and oxygen atoms in total. The van der Waals surface area contributed by atoms with Gasteiger partial charge in [0.15, 0.2) is 0 Å². The Morgan fingerprint density at radius 1 is 1.27 bits per heavy atom. The molecule has 1 atom stereocenters. The van der Waals surface area contributed by atoms with Gasteiger partial charge in [0.05, 0.1) is 5.25 Å². The Bertz CT molecular complexity index is 917. The third kappa shape index (κ3) is 3.54. The zero-order valence-electron chi connectivity index (χ0n) is 14.6. The van der Waals surface area contributed by atoms with Crippen molar-refractivity contribution in [3.63, 3.8) is 0 Å². The molecule has 1 unspecified atom stereocenters. The molecule has 0 fully saturated rings. The number of nitrogens with zero attached hydrogens (tertiary/aromatic N) is 3. The van der Waals surface area contributed by atoms with Gasteiger partial charge in [0.2, 0.25) is 11.8 Å². The highest BCUT2D eigenvalue weighted by atomic mass is 32.2. The van der Waals surface area contributed by atoms with Gasteiger partial charge in [0.25, 0.3) is 5.22 Å². The molecule has 134 valence electrons. The number of thiophene rings is 1. The average Bonchev–Trinajstić information content (AvgIpc) is 3.30. The van der Waals surface area contributed by atoms with Crippen molar-refractivity contribution >= 4 is 29.0 Å². The third-order valence-corrected chi connectivity index (χ3v) is 6.39. The number of carbonyl (C=O) groups is 1. The fourth-order valence-electron chi connectivity index (χ4n) is 2.97. The van der Waals surface area contributed by atoms with E-state index in [-0.39, 0.29) is 11.2 Å². The zero-order chi connectivity index (χ0) is 18.1. The van der Waals surface area contributed by atoms with E-state index in [1.165, 1.54) is 27.8 Å². The minimum absolute atomic E-state index is 0.113. The summed E-state index contributed by atoms with van der Waals surface area (Å²) in [5.74, 6) is 0.593. The van der Waals surface area contributed by atoms with Crippen LogP contribution in [0.2, 0.25) is 0 Å². The van der Waals surface area contributed by atoms with Gasteiger partial charge in [-0.25, -0.2) is 0 Å². The van der Waals surface area contributed by atoms with Gasteiger partial charge in [-0.15, -0.1) is 21.5 Å². The molecule has 0 spiro atoms. The van der Waals surface area contributed by atoms with Gasteiger partial charge in [0, 0.05) is 23.5 Å². The van der Waals surface area contributed by atoms with E-state index in [4.69, 9.17) is 4.42 Å². The molecule has 3 aromatic rings. The van der Waals surface area contributed by atoms with Crippen LogP contribution in [0.15, 0.2) is 45.4 Å². The summed E-state index contributed by atoms with van der Waals surface area (Å²) >= 11 is 3.09. The second-order valence-corrected chi connectivity index (χ2v) is 8.67. The number of rotatable bonds is 4. The van der Waals surface area contributed by atoms with Crippen molar-refractivity contribution in [2.45, 2.75) is 37.3 Å². The Hall–Kier alpha value is -2.12. The minimum Gasteiger partial charge on any atom is -0.411 e. The molecule has 1 aliphatic rings. The molecular weight excluding hydrogens is 366 g/mol. The molecule has 0 bridgehead atoms.